The fourth-order valence-electron chi connectivity index (χ4n) is 2.06. The molecule has 0 saturated carbocycles. The highest BCUT2D eigenvalue weighted by Crippen LogP contribution is 2.26. The summed E-state index contributed by atoms with van der Waals surface area (Å²) in [5.74, 6) is 1.22. The molecule has 0 fully saturated rings. The van der Waals surface area contributed by atoms with Crippen LogP contribution in [0.15, 0.2) is 55.1 Å². The molecule has 0 aromatic heterocycles. The van der Waals surface area contributed by atoms with Crippen LogP contribution in [0.3, 0.4) is 0 Å². The first kappa shape index (κ1) is 17.5. The number of ether oxygens (including phenoxy) is 3. The molecule has 0 heterocycles. The summed E-state index contributed by atoms with van der Waals surface area (Å²) in [5.41, 5.74) is 1.73. The third-order valence-electron chi connectivity index (χ3n) is 3.30. The van der Waals surface area contributed by atoms with Gasteiger partial charge in [-0.1, -0.05) is 24.8 Å². The summed E-state index contributed by atoms with van der Waals surface area (Å²) in [6, 6.07) is 12.0. The van der Waals surface area contributed by atoms with Gasteiger partial charge in [0.25, 0.3) is 5.69 Å². The summed E-state index contributed by atoms with van der Waals surface area (Å²) in [7, 11) is 1.62. The van der Waals surface area contributed by atoms with Crippen LogP contribution in [0, 0.1) is 10.1 Å². The Morgan fingerprint density at radius 3 is 2.54 bits per heavy atom. The summed E-state index contributed by atoms with van der Waals surface area (Å²) >= 11 is 0. The quantitative estimate of drug-likeness (QED) is 0.396. The van der Waals surface area contributed by atoms with E-state index in [4.69, 9.17) is 14.2 Å². The number of hydrogen-bond donors (Lipinski definition) is 0. The van der Waals surface area contributed by atoms with Crippen LogP contribution in [0.4, 0.5) is 5.69 Å². The molecule has 0 radical (unpaired) electrons. The van der Waals surface area contributed by atoms with Crippen LogP contribution in [-0.4, -0.2) is 18.6 Å². The van der Waals surface area contributed by atoms with Crippen LogP contribution in [-0.2, 0) is 18.0 Å². The summed E-state index contributed by atoms with van der Waals surface area (Å²) < 4.78 is 16.3. The lowest BCUT2D eigenvalue weighted by Gasteiger charge is -2.11. The van der Waals surface area contributed by atoms with E-state index < -0.39 is 4.92 Å². The standard InChI is InChI=1S/C18H19NO5/c1-3-10-24-18-11-16(19(20)21)7-6-15(18)13-23-12-14-4-8-17(22-2)9-5-14/h3-9,11H,1,10,12-13H2,2H3. The van der Waals surface area contributed by atoms with E-state index in [9.17, 15) is 10.1 Å². The lowest BCUT2D eigenvalue weighted by Crippen LogP contribution is -2.01. The minimum atomic E-state index is -0.456. The fourth-order valence-corrected chi connectivity index (χ4v) is 2.06. The minimum Gasteiger partial charge on any atom is -0.497 e. The molecule has 0 atom stereocenters. The van der Waals surface area contributed by atoms with Gasteiger partial charge in [-0.05, 0) is 23.8 Å². The van der Waals surface area contributed by atoms with E-state index in [-0.39, 0.29) is 18.9 Å². The van der Waals surface area contributed by atoms with Crippen LogP contribution in [0.25, 0.3) is 0 Å². The van der Waals surface area contributed by atoms with Crippen molar-refractivity contribution in [2.75, 3.05) is 13.7 Å². The molecule has 126 valence electrons. The molecule has 0 bridgehead atoms. The third kappa shape index (κ3) is 4.82. The van der Waals surface area contributed by atoms with Crippen LogP contribution in [0.1, 0.15) is 11.1 Å². The summed E-state index contributed by atoms with van der Waals surface area (Å²) in [5, 5.41) is 10.9. The average Bonchev–Trinajstić information content (AvgIpc) is 2.61. The van der Waals surface area contributed by atoms with Gasteiger partial charge in [0, 0.05) is 11.6 Å². The molecule has 24 heavy (non-hydrogen) atoms. The largest absolute Gasteiger partial charge is 0.497 e. The third-order valence-corrected chi connectivity index (χ3v) is 3.30. The van der Waals surface area contributed by atoms with E-state index in [1.165, 1.54) is 12.1 Å². The van der Waals surface area contributed by atoms with Gasteiger partial charge in [-0.3, -0.25) is 10.1 Å². The molecule has 6 heteroatoms. The Labute approximate surface area is 140 Å². The molecule has 0 aliphatic heterocycles. The minimum absolute atomic E-state index is 0.0204. The lowest BCUT2D eigenvalue weighted by molar-refractivity contribution is -0.385. The van der Waals surface area contributed by atoms with Crippen molar-refractivity contribution in [1.82, 2.24) is 0 Å². The van der Waals surface area contributed by atoms with Crippen molar-refractivity contribution in [1.29, 1.82) is 0 Å². The topological polar surface area (TPSA) is 70.8 Å². The molecule has 0 saturated heterocycles. The second kappa shape index (κ2) is 8.69. The summed E-state index contributed by atoms with van der Waals surface area (Å²) in [6.07, 6.45) is 1.58. The molecule has 2 aromatic carbocycles. The molecular formula is C18H19NO5. The van der Waals surface area contributed by atoms with E-state index in [1.807, 2.05) is 24.3 Å². The first-order chi connectivity index (χ1) is 11.6. The van der Waals surface area contributed by atoms with Crippen molar-refractivity contribution in [2.45, 2.75) is 13.2 Å². The van der Waals surface area contributed by atoms with Crippen LogP contribution < -0.4 is 9.47 Å². The van der Waals surface area contributed by atoms with Crippen LogP contribution >= 0.6 is 0 Å². The zero-order valence-corrected chi connectivity index (χ0v) is 13.4. The number of nitro groups is 1. The fraction of sp³-hybridized carbons (Fsp3) is 0.222. The van der Waals surface area contributed by atoms with E-state index in [1.54, 1.807) is 19.3 Å². The first-order valence-electron chi connectivity index (χ1n) is 7.35. The maximum Gasteiger partial charge on any atom is 0.273 e. The highest BCUT2D eigenvalue weighted by Gasteiger charge is 2.12. The molecule has 0 aliphatic carbocycles. The second-order valence-corrected chi connectivity index (χ2v) is 4.99. The molecule has 0 N–H and O–H groups in total. The Morgan fingerprint density at radius 2 is 1.92 bits per heavy atom. The lowest BCUT2D eigenvalue weighted by atomic mass is 10.2. The zero-order valence-electron chi connectivity index (χ0n) is 13.4. The molecule has 6 nitrogen and oxygen atoms in total. The Kier molecular flexibility index (Phi) is 6.33. The van der Waals surface area contributed by atoms with Gasteiger partial charge >= 0.3 is 0 Å². The Hall–Kier alpha value is -2.86. The smallest absolute Gasteiger partial charge is 0.273 e. The number of benzene rings is 2. The Morgan fingerprint density at radius 1 is 1.17 bits per heavy atom. The molecule has 0 aliphatic rings. The molecular weight excluding hydrogens is 310 g/mol. The molecule has 2 aromatic rings. The van der Waals surface area contributed by atoms with Crippen molar-refractivity contribution in [3.63, 3.8) is 0 Å². The van der Waals surface area contributed by atoms with Gasteiger partial charge in [0.1, 0.15) is 18.1 Å². The number of nitrogens with zero attached hydrogens (tertiary/aromatic N) is 1. The summed E-state index contributed by atoms with van der Waals surface area (Å²) in [4.78, 5) is 10.4. The molecule has 0 amide bonds. The predicted molar refractivity (Wildman–Crippen MR) is 90.3 cm³/mol. The highest BCUT2D eigenvalue weighted by molar-refractivity contribution is 5.44. The van der Waals surface area contributed by atoms with Gasteiger partial charge in [-0.15, -0.1) is 0 Å². The number of rotatable bonds is 9. The van der Waals surface area contributed by atoms with Crippen molar-refractivity contribution >= 4 is 5.69 Å². The average molecular weight is 329 g/mol. The normalized spacial score (nSPS) is 10.2. The first-order valence-corrected chi connectivity index (χ1v) is 7.35. The van der Waals surface area contributed by atoms with Gasteiger partial charge in [-0.2, -0.15) is 0 Å². The van der Waals surface area contributed by atoms with Crippen molar-refractivity contribution < 1.29 is 19.1 Å². The van der Waals surface area contributed by atoms with Gasteiger partial charge in [-0.25, -0.2) is 0 Å². The van der Waals surface area contributed by atoms with Crippen LogP contribution in [0.5, 0.6) is 11.5 Å². The Bertz CT molecular complexity index is 697. The van der Waals surface area contributed by atoms with Crippen molar-refractivity contribution in [3.8, 4) is 11.5 Å². The number of non-ortho nitro benzene ring substituents is 1. The van der Waals surface area contributed by atoms with Crippen molar-refractivity contribution in [2.24, 2.45) is 0 Å². The maximum atomic E-state index is 10.9. The summed E-state index contributed by atoms with van der Waals surface area (Å²) in [6.45, 7) is 4.56. The van der Waals surface area contributed by atoms with Gasteiger partial charge in [0.2, 0.25) is 0 Å². The SMILES string of the molecule is C=CCOc1cc([N+](=O)[O-])ccc1COCc1ccc(OC)cc1. The second-order valence-electron chi connectivity index (χ2n) is 4.99. The maximum absolute atomic E-state index is 10.9. The van der Waals surface area contributed by atoms with E-state index >= 15 is 0 Å². The van der Waals surface area contributed by atoms with E-state index in [0.29, 0.717) is 12.4 Å². The van der Waals surface area contributed by atoms with E-state index in [2.05, 4.69) is 6.58 Å². The molecule has 0 spiro atoms. The van der Waals surface area contributed by atoms with Gasteiger partial charge in [0.05, 0.1) is 31.3 Å². The van der Waals surface area contributed by atoms with Crippen molar-refractivity contribution in [3.05, 3.63) is 76.4 Å². The van der Waals surface area contributed by atoms with Crippen LogP contribution in [0.2, 0.25) is 0 Å². The Balaban J connectivity index is 2.01. The number of nitro benzene ring substituents is 1. The highest BCUT2D eigenvalue weighted by atomic mass is 16.6. The zero-order chi connectivity index (χ0) is 17.4. The van der Waals surface area contributed by atoms with E-state index in [0.717, 1.165) is 16.9 Å². The molecule has 2 rings (SSSR count). The monoisotopic (exact) mass is 329 g/mol. The molecule has 0 unspecified atom stereocenters. The van der Waals surface area contributed by atoms with Gasteiger partial charge < -0.3 is 14.2 Å². The number of methoxy groups -OCH3 is 1. The van der Waals surface area contributed by atoms with Gasteiger partial charge in [0.15, 0.2) is 0 Å². The predicted octanol–water partition coefficient (Wildman–Crippen LogP) is 3.89. The number of hydrogen-bond acceptors (Lipinski definition) is 5.